The van der Waals surface area contributed by atoms with E-state index in [0.29, 0.717) is 12.0 Å². The first-order chi connectivity index (χ1) is 7.04. The maximum Gasteiger partial charge on any atom is 0.256 e. The lowest BCUT2D eigenvalue weighted by atomic mass is 10.1. The molecule has 0 aromatic carbocycles. The number of oxazole rings is 1. The van der Waals surface area contributed by atoms with Crippen LogP contribution in [0.2, 0.25) is 0 Å². The summed E-state index contributed by atoms with van der Waals surface area (Å²) in [7, 11) is 2.00. The lowest BCUT2D eigenvalue weighted by molar-refractivity contribution is 0.427. The number of rotatable bonds is 5. The normalized spacial score (nSPS) is 13.5. The number of hydrogen-bond donors (Lipinski definition) is 1. The highest BCUT2D eigenvalue weighted by Crippen LogP contribution is 2.22. The third-order valence-corrected chi connectivity index (χ3v) is 3.52. The van der Waals surface area contributed by atoms with E-state index in [1.165, 1.54) is 0 Å². The van der Waals surface area contributed by atoms with Crippen molar-refractivity contribution in [1.29, 1.82) is 0 Å². The lowest BCUT2D eigenvalue weighted by Gasteiger charge is -2.18. The fraction of sp³-hybridized carbons (Fsp3) is 0.727. The van der Waals surface area contributed by atoms with E-state index in [1.807, 2.05) is 20.9 Å². The summed E-state index contributed by atoms with van der Waals surface area (Å²) in [5, 5.41) is 4.09. The zero-order valence-corrected chi connectivity index (χ0v) is 10.9. The molecule has 4 heteroatoms. The van der Waals surface area contributed by atoms with Crippen molar-refractivity contribution in [2.75, 3.05) is 12.8 Å². The Morgan fingerprint density at radius 2 is 2.07 bits per heavy atom. The van der Waals surface area contributed by atoms with Crippen LogP contribution in [0.15, 0.2) is 9.64 Å². The topological polar surface area (TPSA) is 38.1 Å². The predicted octanol–water partition coefficient (Wildman–Crippen LogP) is 2.63. The molecule has 3 nitrogen and oxygen atoms in total. The van der Waals surface area contributed by atoms with E-state index in [-0.39, 0.29) is 0 Å². The first kappa shape index (κ1) is 12.6. The van der Waals surface area contributed by atoms with Gasteiger partial charge in [0.2, 0.25) is 0 Å². The molecule has 0 aliphatic rings. The SMILES string of the molecule is CNC(CSc1nc(C)c(C)o1)C(C)C. The van der Waals surface area contributed by atoms with Crippen molar-refractivity contribution in [1.82, 2.24) is 10.3 Å². The highest BCUT2D eigenvalue weighted by molar-refractivity contribution is 7.99. The molecule has 15 heavy (non-hydrogen) atoms. The summed E-state index contributed by atoms with van der Waals surface area (Å²) in [5.74, 6) is 2.54. The summed E-state index contributed by atoms with van der Waals surface area (Å²) in [6, 6.07) is 0.502. The third kappa shape index (κ3) is 3.54. The van der Waals surface area contributed by atoms with Gasteiger partial charge in [0.05, 0.1) is 5.69 Å². The number of nitrogens with zero attached hydrogens (tertiary/aromatic N) is 1. The summed E-state index contributed by atoms with van der Waals surface area (Å²) < 4.78 is 5.51. The van der Waals surface area contributed by atoms with Crippen molar-refractivity contribution in [3.05, 3.63) is 11.5 Å². The maximum absolute atomic E-state index is 5.51. The molecule has 86 valence electrons. The van der Waals surface area contributed by atoms with Gasteiger partial charge in [0, 0.05) is 11.8 Å². The quantitative estimate of drug-likeness (QED) is 0.786. The van der Waals surface area contributed by atoms with E-state index >= 15 is 0 Å². The number of hydrogen-bond acceptors (Lipinski definition) is 4. The van der Waals surface area contributed by atoms with E-state index < -0.39 is 0 Å². The van der Waals surface area contributed by atoms with Gasteiger partial charge in [0.25, 0.3) is 5.22 Å². The molecule has 0 saturated heterocycles. The Kier molecular flexibility index (Phi) is 4.67. The minimum absolute atomic E-state index is 0.502. The Morgan fingerprint density at radius 3 is 2.47 bits per heavy atom. The molecule has 1 aromatic heterocycles. The molecule has 0 aliphatic carbocycles. The van der Waals surface area contributed by atoms with Crippen LogP contribution in [0.1, 0.15) is 25.3 Å². The van der Waals surface area contributed by atoms with Crippen LogP contribution in [0.3, 0.4) is 0 Å². The van der Waals surface area contributed by atoms with Gasteiger partial charge < -0.3 is 9.73 Å². The standard InChI is InChI=1S/C11H20N2OS/c1-7(2)10(12-5)6-15-11-13-8(3)9(4)14-11/h7,10,12H,6H2,1-5H3. The maximum atomic E-state index is 5.51. The minimum Gasteiger partial charge on any atom is -0.437 e. The van der Waals surface area contributed by atoms with Crippen LogP contribution in [-0.4, -0.2) is 23.8 Å². The molecular formula is C11H20N2OS. The number of nitrogens with one attached hydrogen (secondary N) is 1. The van der Waals surface area contributed by atoms with Crippen molar-refractivity contribution >= 4 is 11.8 Å². The van der Waals surface area contributed by atoms with Crippen molar-refractivity contribution in [2.45, 2.75) is 39.0 Å². The van der Waals surface area contributed by atoms with Gasteiger partial charge in [0.1, 0.15) is 5.76 Å². The molecular weight excluding hydrogens is 208 g/mol. The Balaban J connectivity index is 2.49. The largest absolute Gasteiger partial charge is 0.437 e. The Labute approximate surface area is 96.0 Å². The van der Waals surface area contributed by atoms with Crippen LogP contribution in [0.25, 0.3) is 0 Å². The second-order valence-corrected chi connectivity index (χ2v) is 5.04. The van der Waals surface area contributed by atoms with Crippen LogP contribution in [-0.2, 0) is 0 Å². The smallest absolute Gasteiger partial charge is 0.256 e. The van der Waals surface area contributed by atoms with Gasteiger partial charge in [-0.15, -0.1) is 0 Å². The van der Waals surface area contributed by atoms with Gasteiger partial charge in [-0.05, 0) is 26.8 Å². The Morgan fingerprint density at radius 1 is 1.40 bits per heavy atom. The first-order valence-electron chi connectivity index (χ1n) is 5.28. The fourth-order valence-corrected chi connectivity index (χ4v) is 2.53. The molecule has 1 N–H and O–H groups in total. The molecule has 1 rings (SSSR count). The summed E-state index contributed by atoms with van der Waals surface area (Å²) in [5.41, 5.74) is 0.989. The second-order valence-electron chi connectivity index (χ2n) is 4.07. The van der Waals surface area contributed by atoms with Crippen LogP contribution in [0.5, 0.6) is 0 Å². The van der Waals surface area contributed by atoms with Gasteiger partial charge >= 0.3 is 0 Å². The zero-order chi connectivity index (χ0) is 11.4. The summed E-state index contributed by atoms with van der Waals surface area (Å²) >= 11 is 1.68. The van der Waals surface area contributed by atoms with E-state index in [1.54, 1.807) is 11.8 Å². The van der Waals surface area contributed by atoms with Crippen LogP contribution >= 0.6 is 11.8 Å². The molecule has 0 amide bonds. The highest BCUT2D eigenvalue weighted by atomic mass is 32.2. The van der Waals surface area contributed by atoms with Gasteiger partial charge in [-0.25, -0.2) is 4.98 Å². The molecule has 1 atom stereocenters. The fourth-order valence-electron chi connectivity index (χ4n) is 1.28. The summed E-state index contributed by atoms with van der Waals surface area (Å²) in [6.45, 7) is 8.35. The van der Waals surface area contributed by atoms with E-state index in [0.717, 1.165) is 22.4 Å². The third-order valence-electron chi connectivity index (χ3n) is 2.57. The van der Waals surface area contributed by atoms with E-state index in [9.17, 15) is 0 Å². The van der Waals surface area contributed by atoms with Crippen molar-refractivity contribution < 1.29 is 4.42 Å². The predicted molar refractivity (Wildman–Crippen MR) is 64.4 cm³/mol. The molecule has 0 spiro atoms. The van der Waals surface area contributed by atoms with Crippen molar-refractivity contribution in [2.24, 2.45) is 5.92 Å². The number of aryl methyl sites for hydroxylation is 2. The molecule has 0 radical (unpaired) electrons. The van der Waals surface area contributed by atoms with E-state index in [4.69, 9.17) is 4.42 Å². The van der Waals surface area contributed by atoms with Crippen molar-refractivity contribution in [3.63, 3.8) is 0 Å². The average Bonchev–Trinajstić information content (AvgIpc) is 2.47. The van der Waals surface area contributed by atoms with Gasteiger partial charge in [-0.2, -0.15) is 0 Å². The lowest BCUT2D eigenvalue weighted by Crippen LogP contribution is -2.32. The van der Waals surface area contributed by atoms with Gasteiger partial charge in [-0.1, -0.05) is 25.6 Å². The number of aromatic nitrogens is 1. The average molecular weight is 228 g/mol. The second kappa shape index (κ2) is 5.56. The molecule has 0 bridgehead atoms. The Hall–Kier alpha value is -0.480. The van der Waals surface area contributed by atoms with Crippen LogP contribution < -0.4 is 5.32 Å². The summed E-state index contributed by atoms with van der Waals surface area (Å²) in [6.07, 6.45) is 0. The highest BCUT2D eigenvalue weighted by Gasteiger charge is 2.13. The van der Waals surface area contributed by atoms with Crippen LogP contribution in [0, 0.1) is 19.8 Å². The molecule has 0 fully saturated rings. The Bertz CT molecular complexity index is 290. The number of thioether (sulfide) groups is 1. The van der Waals surface area contributed by atoms with Gasteiger partial charge in [-0.3, -0.25) is 0 Å². The molecule has 0 saturated carbocycles. The molecule has 1 heterocycles. The molecule has 1 unspecified atom stereocenters. The van der Waals surface area contributed by atoms with E-state index in [2.05, 4.69) is 24.1 Å². The monoisotopic (exact) mass is 228 g/mol. The minimum atomic E-state index is 0.502. The van der Waals surface area contributed by atoms with Crippen LogP contribution in [0.4, 0.5) is 0 Å². The van der Waals surface area contributed by atoms with Gasteiger partial charge in [0.15, 0.2) is 0 Å². The first-order valence-corrected chi connectivity index (χ1v) is 6.27. The van der Waals surface area contributed by atoms with Crippen molar-refractivity contribution in [3.8, 4) is 0 Å². The summed E-state index contributed by atoms with van der Waals surface area (Å²) in [4.78, 5) is 4.34. The molecule has 1 aromatic rings. The molecule has 0 aliphatic heterocycles. The zero-order valence-electron chi connectivity index (χ0n) is 10.1.